The number of halogens is 1. The van der Waals surface area contributed by atoms with E-state index < -0.39 is 0 Å². The average molecular weight is 273 g/mol. The largest absolute Gasteiger partial charge is 0.370 e. The number of nitrogens with zero attached hydrogens (tertiary/aromatic N) is 2. The molecule has 0 spiro atoms. The third-order valence-corrected chi connectivity index (χ3v) is 3.03. The first kappa shape index (κ1) is 14.5. The molecule has 2 aromatic rings. The summed E-state index contributed by atoms with van der Waals surface area (Å²) in [6, 6.07) is 10.9. The maximum atomic E-state index is 13.6. The van der Waals surface area contributed by atoms with Crippen molar-refractivity contribution in [3.63, 3.8) is 0 Å². The van der Waals surface area contributed by atoms with Gasteiger partial charge in [0.1, 0.15) is 11.6 Å². The van der Waals surface area contributed by atoms with Crippen LogP contribution >= 0.6 is 0 Å². The Hall–Kier alpha value is -1.94. The first-order valence-corrected chi connectivity index (χ1v) is 6.79. The molecule has 1 aromatic carbocycles. The third kappa shape index (κ3) is 4.03. The minimum Gasteiger partial charge on any atom is -0.370 e. The Bertz CT molecular complexity index is 540. The van der Waals surface area contributed by atoms with E-state index in [0.717, 1.165) is 24.5 Å². The predicted molar refractivity (Wildman–Crippen MR) is 80.0 cm³/mol. The van der Waals surface area contributed by atoms with E-state index in [1.54, 1.807) is 6.07 Å². The van der Waals surface area contributed by atoms with Gasteiger partial charge in [-0.15, -0.1) is 0 Å². The molecule has 0 saturated carbocycles. The highest BCUT2D eigenvalue weighted by Crippen LogP contribution is 2.12. The quantitative estimate of drug-likeness (QED) is 0.875. The molecule has 0 unspecified atom stereocenters. The number of rotatable bonds is 6. The number of hydrogen-bond donors (Lipinski definition) is 1. The molecule has 20 heavy (non-hydrogen) atoms. The van der Waals surface area contributed by atoms with Crippen molar-refractivity contribution in [1.29, 1.82) is 0 Å². The number of nitrogens with one attached hydrogen (secondary N) is 1. The van der Waals surface area contributed by atoms with E-state index in [1.807, 2.05) is 44.4 Å². The van der Waals surface area contributed by atoms with E-state index in [-0.39, 0.29) is 5.82 Å². The lowest BCUT2D eigenvalue weighted by molar-refractivity contribution is 0.313. The molecule has 1 N–H and O–H groups in total. The Morgan fingerprint density at radius 1 is 1.15 bits per heavy atom. The van der Waals surface area contributed by atoms with Crippen LogP contribution in [0.25, 0.3) is 0 Å². The molecular formula is C16H20FN3. The summed E-state index contributed by atoms with van der Waals surface area (Å²) in [5.41, 5.74) is 1.83. The summed E-state index contributed by atoms with van der Waals surface area (Å²) in [5.74, 6) is 0.730. The van der Waals surface area contributed by atoms with E-state index in [9.17, 15) is 4.39 Å². The number of benzene rings is 1. The van der Waals surface area contributed by atoms with Crippen LogP contribution in [0.3, 0.4) is 0 Å². The van der Waals surface area contributed by atoms with Crippen LogP contribution in [0.5, 0.6) is 0 Å². The van der Waals surface area contributed by atoms with Crippen LogP contribution in [0.15, 0.2) is 42.6 Å². The Morgan fingerprint density at radius 3 is 2.60 bits per heavy atom. The Kier molecular flexibility index (Phi) is 5.07. The van der Waals surface area contributed by atoms with E-state index in [1.165, 1.54) is 6.07 Å². The highest BCUT2D eigenvalue weighted by atomic mass is 19.1. The molecule has 0 amide bonds. The molecule has 4 heteroatoms. The maximum Gasteiger partial charge on any atom is 0.127 e. The Morgan fingerprint density at radius 2 is 1.95 bits per heavy atom. The maximum absolute atomic E-state index is 13.6. The Labute approximate surface area is 119 Å². The van der Waals surface area contributed by atoms with E-state index in [0.29, 0.717) is 12.1 Å². The first-order valence-electron chi connectivity index (χ1n) is 6.79. The van der Waals surface area contributed by atoms with Gasteiger partial charge in [0.15, 0.2) is 0 Å². The van der Waals surface area contributed by atoms with Crippen LogP contribution in [0.2, 0.25) is 0 Å². The van der Waals surface area contributed by atoms with Gasteiger partial charge in [-0.1, -0.05) is 24.3 Å². The summed E-state index contributed by atoms with van der Waals surface area (Å²) in [5, 5.41) is 3.16. The van der Waals surface area contributed by atoms with E-state index in [2.05, 4.69) is 15.2 Å². The first-order chi connectivity index (χ1) is 9.69. The lowest BCUT2D eigenvalue weighted by Gasteiger charge is -2.17. The molecule has 0 aliphatic rings. The fourth-order valence-electron chi connectivity index (χ4n) is 2.09. The standard InChI is InChI=1S/C16H20FN3/c1-3-18-16-9-8-13(10-19-16)11-20(2)12-14-6-4-5-7-15(14)17/h4-10H,3,11-12H2,1-2H3,(H,18,19). The molecule has 3 nitrogen and oxygen atoms in total. The van der Waals surface area contributed by atoms with Gasteiger partial charge in [-0.25, -0.2) is 9.37 Å². The predicted octanol–water partition coefficient (Wildman–Crippen LogP) is 3.28. The zero-order valence-corrected chi connectivity index (χ0v) is 11.9. The minimum absolute atomic E-state index is 0.153. The zero-order chi connectivity index (χ0) is 14.4. The van der Waals surface area contributed by atoms with Crippen molar-refractivity contribution >= 4 is 5.82 Å². The number of pyridine rings is 1. The van der Waals surface area contributed by atoms with Crippen molar-refractivity contribution in [2.45, 2.75) is 20.0 Å². The van der Waals surface area contributed by atoms with Gasteiger partial charge in [0.25, 0.3) is 0 Å². The summed E-state index contributed by atoms with van der Waals surface area (Å²) in [7, 11) is 1.98. The highest BCUT2D eigenvalue weighted by molar-refractivity contribution is 5.35. The van der Waals surface area contributed by atoms with Gasteiger partial charge in [0.2, 0.25) is 0 Å². The van der Waals surface area contributed by atoms with Crippen LogP contribution in [0.1, 0.15) is 18.1 Å². The normalized spacial score (nSPS) is 10.8. The molecule has 1 heterocycles. The molecule has 0 aliphatic heterocycles. The Balaban J connectivity index is 1.94. The molecule has 0 bridgehead atoms. The second-order valence-corrected chi connectivity index (χ2v) is 4.85. The molecule has 1 aromatic heterocycles. The second-order valence-electron chi connectivity index (χ2n) is 4.85. The van der Waals surface area contributed by atoms with Gasteiger partial charge in [0, 0.05) is 31.4 Å². The van der Waals surface area contributed by atoms with Crippen LogP contribution in [-0.4, -0.2) is 23.5 Å². The SMILES string of the molecule is CCNc1ccc(CN(C)Cc2ccccc2F)cn1. The molecule has 0 radical (unpaired) electrons. The van der Waals surface area contributed by atoms with Gasteiger partial charge in [-0.05, 0) is 31.7 Å². The summed E-state index contributed by atoms with van der Waals surface area (Å²) >= 11 is 0. The minimum atomic E-state index is -0.153. The van der Waals surface area contributed by atoms with Gasteiger partial charge >= 0.3 is 0 Å². The van der Waals surface area contributed by atoms with E-state index in [4.69, 9.17) is 0 Å². The smallest absolute Gasteiger partial charge is 0.127 e. The molecule has 0 saturated heterocycles. The lowest BCUT2D eigenvalue weighted by Crippen LogP contribution is -2.18. The number of anilines is 1. The molecule has 0 fully saturated rings. The van der Waals surface area contributed by atoms with Crippen molar-refractivity contribution in [1.82, 2.24) is 9.88 Å². The summed E-state index contributed by atoms with van der Waals surface area (Å²) < 4.78 is 13.6. The topological polar surface area (TPSA) is 28.2 Å². The van der Waals surface area contributed by atoms with Gasteiger partial charge in [-0.2, -0.15) is 0 Å². The molecule has 0 aliphatic carbocycles. The van der Waals surface area contributed by atoms with Crippen molar-refractivity contribution in [2.24, 2.45) is 0 Å². The summed E-state index contributed by atoms with van der Waals surface area (Å²) in [6.45, 7) is 4.23. The fourth-order valence-corrected chi connectivity index (χ4v) is 2.09. The van der Waals surface area contributed by atoms with E-state index >= 15 is 0 Å². The lowest BCUT2D eigenvalue weighted by atomic mass is 10.2. The van der Waals surface area contributed by atoms with Gasteiger partial charge < -0.3 is 5.32 Å². The summed E-state index contributed by atoms with van der Waals surface area (Å²) in [6.07, 6.45) is 1.86. The van der Waals surface area contributed by atoms with Gasteiger partial charge in [-0.3, -0.25) is 4.90 Å². The molecule has 2 rings (SSSR count). The average Bonchev–Trinajstić information content (AvgIpc) is 2.44. The van der Waals surface area contributed by atoms with Crippen LogP contribution in [-0.2, 0) is 13.1 Å². The summed E-state index contributed by atoms with van der Waals surface area (Å²) in [4.78, 5) is 6.41. The number of aromatic nitrogens is 1. The molecule has 106 valence electrons. The van der Waals surface area contributed by atoms with Crippen molar-refractivity contribution in [2.75, 3.05) is 18.9 Å². The molecular weight excluding hydrogens is 253 g/mol. The van der Waals surface area contributed by atoms with Crippen molar-refractivity contribution in [3.8, 4) is 0 Å². The third-order valence-electron chi connectivity index (χ3n) is 3.03. The van der Waals surface area contributed by atoms with Crippen LogP contribution in [0.4, 0.5) is 10.2 Å². The zero-order valence-electron chi connectivity index (χ0n) is 11.9. The van der Waals surface area contributed by atoms with Crippen molar-refractivity contribution < 1.29 is 4.39 Å². The van der Waals surface area contributed by atoms with Crippen molar-refractivity contribution in [3.05, 3.63) is 59.5 Å². The molecule has 0 atom stereocenters. The van der Waals surface area contributed by atoms with Crippen LogP contribution in [0, 0.1) is 5.82 Å². The van der Waals surface area contributed by atoms with Gasteiger partial charge in [0.05, 0.1) is 0 Å². The highest BCUT2D eigenvalue weighted by Gasteiger charge is 2.06. The fraction of sp³-hybridized carbons (Fsp3) is 0.312. The monoisotopic (exact) mass is 273 g/mol. The second kappa shape index (κ2) is 7.01. The number of hydrogen-bond acceptors (Lipinski definition) is 3. The van der Waals surface area contributed by atoms with Crippen LogP contribution < -0.4 is 5.32 Å².